The van der Waals surface area contributed by atoms with E-state index in [0.717, 1.165) is 12.1 Å². The Balaban J connectivity index is 1.78. The number of pyridine rings is 1. The minimum atomic E-state index is -0.870. The average Bonchev–Trinajstić information content (AvgIpc) is 3.15. The highest BCUT2D eigenvalue weighted by Gasteiger charge is 2.17. The van der Waals surface area contributed by atoms with Crippen molar-refractivity contribution in [3.8, 4) is 11.3 Å². The first-order valence-electron chi connectivity index (χ1n) is 8.70. The Labute approximate surface area is 173 Å². The zero-order valence-electron chi connectivity index (χ0n) is 15.2. The van der Waals surface area contributed by atoms with E-state index in [-0.39, 0.29) is 28.3 Å². The molecule has 0 unspecified atom stereocenters. The summed E-state index contributed by atoms with van der Waals surface area (Å²) in [6.45, 7) is -1.06. The van der Waals surface area contributed by atoms with E-state index in [0.29, 0.717) is 22.4 Å². The molecule has 4 aromatic rings. The van der Waals surface area contributed by atoms with E-state index in [1.54, 1.807) is 18.2 Å². The van der Waals surface area contributed by atoms with Crippen molar-refractivity contribution in [2.75, 3.05) is 0 Å². The average molecular weight is 432 g/mol. The first-order valence-corrected chi connectivity index (χ1v) is 9.08. The zero-order chi connectivity index (χ0) is 21.4. The van der Waals surface area contributed by atoms with Crippen LogP contribution in [-0.4, -0.2) is 25.9 Å². The SMILES string of the molecule is NC(=O)c1ccc(-c2ccc3nnn(Cc4c(F)ccc(F)c4Cl)c3n2)cc1CF. The molecular formula is C20H13ClF3N5O. The predicted octanol–water partition coefficient (Wildman–Crippen LogP) is 4.04. The second-order valence-electron chi connectivity index (χ2n) is 6.48. The highest BCUT2D eigenvalue weighted by molar-refractivity contribution is 6.31. The van der Waals surface area contributed by atoms with Gasteiger partial charge in [0, 0.05) is 16.7 Å². The summed E-state index contributed by atoms with van der Waals surface area (Å²) in [7, 11) is 0. The van der Waals surface area contributed by atoms with Crippen LogP contribution in [0.1, 0.15) is 21.5 Å². The number of hydrogen-bond donors (Lipinski definition) is 1. The number of nitrogens with zero attached hydrogens (tertiary/aromatic N) is 4. The predicted molar refractivity (Wildman–Crippen MR) is 105 cm³/mol. The van der Waals surface area contributed by atoms with E-state index in [1.807, 2.05) is 0 Å². The second-order valence-corrected chi connectivity index (χ2v) is 6.86. The summed E-state index contributed by atoms with van der Waals surface area (Å²) < 4.78 is 42.5. The van der Waals surface area contributed by atoms with Gasteiger partial charge in [0.2, 0.25) is 5.91 Å². The Morgan fingerprint density at radius 1 is 1.10 bits per heavy atom. The molecule has 2 aromatic heterocycles. The number of carbonyl (C=O) groups is 1. The number of rotatable bonds is 5. The van der Waals surface area contributed by atoms with E-state index >= 15 is 0 Å². The summed E-state index contributed by atoms with van der Waals surface area (Å²) in [4.78, 5) is 15.9. The van der Waals surface area contributed by atoms with Crippen LogP contribution in [0, 0.1) is 11.6 Å². The van der Waals surface area contributed by atoms with Crippen LogP contribution in [0.5, 0.6) is 0 Å². The zero-order valence-corrected chi connectivity index (χ0v) is 16.0. The van der Waals surface area contributed by atoms with Crippen LogP contribution < -0.4 is 5.73 Å². The molecule has 152 valence electrons. The van der Waals surface area contributed by atoms with Gasteiger partial charge < -0.3 is 5.73 Å². The molecule has 1 amide bonds. The van der Waals surface area contributed by atoms with Gasteiger partial charge in [0.1, 0.15) is 23.8 Å². The van der Waals surface area contributed by atoms with Gasteiger partial charge in [0.15, 0.2) is 5.65 Å². The van der Waals surface area contributed by atoms with Crippen LogP contribution in [0.3, 0.4) is 0 Å². The fourth-order valence-electron chi connectivity index (χ4n) is 3.09. The standard InChI is InChI=1S/C20H13ClF3N5O/c21-18-13(14(23)3-4-15(18)24)9-29-20-17(27-28-29)6-5-16(26-20)10-1-2-12(19(25)30)11(7-10)8-22/h1-7H,8-9H2,(H2,25,30). The Kier molecular flexibility index (Phi) is 5.13. The normalized spacial score (nSPS) is 11.2. The lowest BCUT2D eigenvalue weighted by Gasteiger charge is -2.09. The lowest BCUT2D eigenvalue weighted by molar-refractivity contribution is 0.0998. The molecule has 2 heterocycles. The van der Waals surface area contributed by atoms with Gasteiger partial charge in [-0.3, -0.25) is 4.79 Å². The lowest BCUT2D eigenvalue weighted by Crippen LogP contribution is -2.13. The highest BCUT2D eigenvalue weighted by atomic mass is 35.5. The van der Waals surface area contributed by atoms with Crippen molar-refractivity contribution >= 4 is 28.7 Å². The smallest absolute Gasteiger partial charge is 0.249 e. The summed E-state index contributed by atoms with van der Waals surface area (Å²) in [6.07, 6.45) is 0. The summed E-state index contributed by atoms with van der Waals surface area (Å²) in [5.41, 5.74) is 7.11. The van der Waals surface area contributed by atoms with Crippen molar-refractivity contribution < 1.29 is 18.0 Å². The van der Waals surface area contributed by atoms with Gasteiger partial charge >= 0.3 is 0 Å². The molecule has 6 nitrogen and oxygen atoms in total. The molecule has 0 bridgehead atoms. The molecule has 0 atom stereocenters. The molecule has 0 saturated carbocycles. The maximum absolute atomic E-state index is 14.1. The molecule has 0 radical (unpaired) electrons. The number of carbonyl (C=O) groups excluding carboxylic acids is 1. The Bertz CT molecular complexity index is 1290. The van der Waals surface area contributed by atoms with Crippen molar-refractivity contribution in [1.82, 2.24) is 20.0 Å². The molecule has 4 rings (SSSR count). The maximum Gasteiger partial charge on any atom is 0.249 e. The molecule has 30 heavy (non-hydrogen) atoms. The molecule has 0 fully saturated rings. The number of halogens is 4. The van der Waals surface area contributed by atoms with Crippen LogP contribution in [0.2, 0.25) is 5.02 Å². The molecular weight excluding hydrogens is 419 g/mol. The fourth-order valence-corrected chi connectivity index (χ4v) is 3.30. The Morgan fingerprint density at radius 3 is 2.60 bits per heavy atom. The van der Waals surface area contributed by atoms with Crippen LogP contribution in [0.4, 0.5) is 13.2 Å². The van der Waals surface area contributed by atoms with Crippen molar-refractivity contribution in [2.45, 2.75) is 13.2 Å². The van der Waals surface area contributed by atoms with E-state index in [9.17, 15) is 18.0 Å². The summed E-state index contributed by atoms with van der Waals surface area (Å²) in [5, 5.41) is 7.57. The van der Waals surface area contributed by atoms with Gasteiger partial charge in [-0.2, -0.15) is 0 Å². The molecule has 0 spiro atoms. The Hall–Kier alpha value is -3.46. The quantitative estimate of drug-likeness (QED) is 0.483. The highest BCUT2D eigenvalue weighted by Crippen LogP contribution is 2.26. The van der Waals surface area contributed by atoms with Gasteiger partial charge in [0.05, 0.1) is 17.3 Å². The van der Waals surface area contributed by atoms with Gasteiger partial charge in [0.25, 0.3) is 0 Å². The summed E-state index contributed by atoms with van der Waals surface area (Å²) in [5.74, 6) is -2.16. The van der Waals surface area contributed by atoms with Gasteiger partial charge in [-0.25, -0.2) is 22.8 Å². The molecule has 0 aliphatic carbocycles. The van der Waals surface area contributed by atoms with E-state index in [2.05, 4.69) is 15.3 Å². The minimum Gasteiger partial charge on any atom is -0.366 e. The second kappa shape index (κ2) is 7.75. The first-order chi connectivity index (χ1) is 14.4. The van der Waals surface area contributed by atoms with Gasteiger partial charge in [-0.05, 0) is 42.0 Å². The van der Waals surface area contributed by atoms with Crippen molar-refractivity contribution in [3.63, 3.8) is 0 Å². The van der Waals surface area contributed by atoms with Gasteiger partial charge in [-0.1, -0.05) is 22.9 Å². The van der Waals surface area contributed by atoms with Crippen LogP contribution in [-0.2, 0) is 13.2 Å². The number of aromatic nitrogens is 4. The number of nitrogens with two attached hydrogens (primary N) is 1. The number of hydrogen-bond acceptors (Lipinski definition) is 4. The minimum absolute atomic E-state index is 0.0822. The summed E-state index contributed by atoms with van der Waals surface area (Å²) in [6, 6.07) is 9.70. The number of fused-ring (bicyclic) bond motifs is 1. The van der Waals surface area contributed by atoms with E-state index < -0.39 is 24.2 Å². The molecule has 2 aromatic carbocycles. The third-order valence-electron chi connectivity index (χ3n) is 4.62. The van der Waals surface area contributed by atoms with Crippen molar-refractivity contribution in [3.05, 3.63) is 75.8 Å². The van der Waals surface area contributed by atoms with Crippen LogP contribution >= 0.6 is 11.6 Å². The Morgan fingerprint density at radius 2 is 1.87 bits per heavy atom. The van der Waals surface area contributed by atoms with Crippen LogP contribution in [0.15, 0.2) is 42.5 Å². The third-order valence-corrected chi connectivity index (χ3v) is 5.03. The number of alkyl halides is 1. The van der Waals surface area contributed by atoms with Gasteiger partial charge in [-0.15, -0.1) is 5.10 Å². The van der Waals surface area contributed by atoms with Crippen molar-refractivity contribution in [1.29, 1.82) is 0 Å². The fraction of sp³-hybridized carbons (Fsp3) is 0.100. The summed E-state index contributed by atoms with van der Waals surface area (Å²) >= 11 is 5.90. The number of primary amides is 1. The number of amides is 1. The number of benzene rings is 2. The topological polar surface area (TPSA) is 86.7 Å². The first kappa shape index (κ1) is 19.8. The maximum atomic E-state index is 14.1. The third kappa shape index (κ3) is 3.48. The molecule has 2 N–H and O–H groups in total. The molecule has 10 heteroatoms. The van der Waals surface area contributed by atoms with E-state index in [1.165, 1.54) is 16.8 Å². The monoisotopic (exact) mass is 431 g/mol. The lowest BCUT2D eigenvalue weighted by atomic mass is 10.0. The molecule has 0 saturated heterocycles. The van der Waals surface area contributed by atoms with E-state index in [4.69, 9.17) is 17.3 Å². The van der Waals surface area contributed by atoms with Crippen LogP contribution in [0.25, 0.3) is 22.4 Å². The molecule has 0 aliphatic rings. The molecule has 0 aliphatic heterocycles. The van der Waals surface area contributed by atoms with Crippen molar-refractivity contribution in [2.24, 2.45) is 5.73 Å². The largest absolute Gasteiger partial charge is 0.366 e.